The molecule has 1 saturated carbocycles. The summed E-state index contributed by atoms with van der Waals surface area (Å²) in [6.45, 7) is 13.6. The first kappa shape index (κ1) is 54.8. The van der Waals surface area contributed by atoms with E-state index in [9.17, 15) is 33.6 Å². The number of carbonyl (C=O) groups excluding carboxylic acids is 7. The monoisotopic (exact) mass is 955 g/mol. The van der Waals surface area contributed by atoms with E-state index in [1.807, 2.05) is 32.4 Å². The third kappa shape index (κ3) is 19.8. The fourth-order valence-electron chi connectivity index (χ4n) is 8.13. The zero-order chi connectivity index (χ0) is 49.6. The van der Waals surface area contributed by atoms with Gasteiger partial charge in [0, 0.05) is 44.1 Å². The summed E-state index contributed by atoms with van der Waals surface area (Å²) < 4.78 is 23.9. The van der Waals surface area contributed by atoms with Crippen molar-refractivity contribution in [3.63, 3.8) is 0 Å². The summed E-state index contributed by atoms with van der Waals surface area (Å²) >= 11 is 0. The molecule has 21 nitrogen and oxygen atoms in total. The van der Waals surface area contributed by atoms with Crippen LogP contribution in [0.25, 0.3) is 0 Å². The molecule has 8 N–H and O–H groups in total. The molecule has 4 rings (SSSR count). The number of benzene rings is 1. The fourth-order valence-corrected chi connectivity index (χ4v) is 8.13. The molecule has 1 aromatic heterocycles. The third-order valence-corrected chi connectivity index (χ3v) is 11.7. The first-order chi connectivity index (χ1) is 32.5. The van der Waals surface area contributed by atoms with Crippen LogP contribution in [0.15, 0.2) is 24.3 Å². The summed E-state index contributed by atoms with van der Waals surface area (Å²) in [5.41, 5.74) is 8.37. The number of fused-ring (bicyclic) bond motifs is 2. The third-order valence-electron chi connectivity index (χ3n) is 11.7. The molecular weight excluding hydrogens is 881 g/mol. The molecule has 0 radical (unpaired) electrons. The van der Waals surface area contributed by atoms with E-state index in [1.54, 1.807) is 38.1 Å². The number of rotatable bonds is 29. The van der Waals surface area contributed by atoms with E-state index >= 15 is 0 Å². The minimum absolute atomic E-state index is 0.00282. The maximum atomic E-state index is 13.6. The summed E-state index contributed by atoms with van der Waals surface area (Å²) in [4.78, 5) is 87.3. The zero-order valence-electron chi connectivity index (χ0n) is 40.6. The highest BCUT2D eigenvalue weighted by Crippen LogP contribution is 2.52. The molecule has 0 bridgehead atoms. The second kappa shape index (κ2) is 28.5. The van der Waals surface area contributed by atoms with Crippen molar-refractivity contribution in [2.75, 3.05) is 51.4 Å². The molecule has 0 spiro atoms. The number of Topliss-reactive ketones (excluding diaryl/α,β-unsaturated/α-hetero) is 1. The number of ketones is 1. The molecule has 2 aliphatic rings. The number of aromatic nitrogens is 3. The quantitative estimate of drug-likeness (QED) is 0.0576. The number of nitrogens with zero attached hydrogens (tertiary/aromatic N) is 3. The standard InChI is InChI=1S/C47H74N10O11/c1-29(2)26-34(58)17-22-65-24-20-50-46(63)68-28-37-35-13-15-38-40(16-14-36(35)37)57(56-55-38)21-25-66-23-18-41(59)54-42(30(3)4)44(61)53-39(8-7-19-49-45(48)62)43(60)52-33-11-9-32(10-12-33)27-67-47(64)51-31(5)6/h9-12,29-31,35-37,39,42H,7-8,13-28H2,1-6H3,(H,50,63)(H,51,64)(H,52,60)(H,53,61)(H,54,59)(H3,48,49,62)/t35?,36?,37?,39-,42-/m0/s1. The van der Waals surface area contributed by atoms with E-state index in [2.05, 4.69) is 42.2 Å². The maximum absolute atomic E-state index is 13.6. The van der Waals surface area contributed by atoms with Crippen LogP contribution in [0, 0.1) is 29.6 Å². The van der Waals surface area contributed by atoms with Crippen molar-refractivity contribution < 1.29 is 52.5 Å². The van der Waals surface area contributed by atoms with Gasteiger partial charge in [-0.25, -0.2) is 19.1 Å². The highest BCUT2D eigenvalue weighted by atomic mass is 16.6. The number of alkyl carbamates (subject to hydrolysis) is 2. The number of hydrogen-bond acceptors (Lipinski definition) is 13. The van der Waals surface area contributed by atoms with Crippen LogP contribution >= 0.6 is 0 Å². The SMILES string of the molecule is CC(C)CC(=O)CCOCCNC(=O)OCC1C2CCc3nnn(CCOCCC(=O)N[C@H](C(=O)N[C@@H](CCCNC(N)=O)C(=O)Nc4ccc(COC(=O)NC(C)C)cc4)C(C)C)c3CCC21. The van der Waals surface area contributed by atoms with Crippen molar-refractivity contribution in [3.8, 4) is 0 Å². The molecule has 5 atom stereocenters. The number of urea groups is 1. The van der Waals surface area contributed by atoms with Gasteiger partial charge in [0.1, 0.15) is 24.5 Å². The van der Waals surface area contributed by atoms with Gasteiger partial charge in [-0.05, 0) is 99.7 Å². The Morgan fingerprint density at radius 2 is 1.49 bits per heavy atom. The summed E-state index contributed by atoms with van der Waals surface area (Å²) in [5.74, 6) is -0.0394. The van der Waals surface area contributed by atoms with Gasteiger partial charge in [-0.1, -0.05) is 45.0 Å². The van der Waals surface area contributed by atoms with E-state index < -0.39 is 48.0 Å². The Morgan fingerprint density at radius 3 is 2.18 bits per heavy atom. The van der Waals surface area contributed by atoms with Crippen molar-refractivity contribution in [2.45, 2.75) is 131 Å². The van der Waals surface area contributed by atoms with Gasteiger partial charge in [-0.15, -0.1) is 5.10 Å². The highest BCUT2D eigenvalue weighted by molar-refractivity contribution is 5.98. The number of nitrogens with two attached hydrogens (primary N) is 1. The van der Waals surface area contributed by atoms with Crippen molar-refractivity contribution in [1.29, 1.82) is 0 Å². The summed E-state index contributed by atoms with van der Waals surface area (Å²) in [7, 11) is 0. The number of anilines is 1. The van der Waals surface area contributed by atoms with Gasteiger partial charge in [-0.3, -0.25) is 19.2 Å². The van der Waals surface area contributed by atoms with Gasteiger partial charge in [0.05, 0.1) is 51.0 Å². The largest absolute Gasteiger partial charge is 0.449 e. The molecule has 2 aliphatic carbocycles. The minimum Gasteiger partial charge on any atom is -0.449 e. The van der Waals surface area contributed by atoms with Crippen molar-refractivity contribution >= 4 is 47.4 Å². The van der Waals surface area contributed by atoms with Crippen LogP contribution in [0.3, 0.4) is 0 Å². The molecular formula is C47H74N10O11. The van der Waals surface area contributed by atoms with Gasteiger partial charge in [0.2, 0.25) is 17.7 Å². The number of ether oxygens (including phenoxy) is 4. The molecule has 68 heavy (non-hydrogen) atoms. The topological polar surface area (TPSA) is 285 Å². The molecule has 1 aromatic carbocycles. The van der Waals surface area contributed by atoms with Crippen molar-refractivity contribution in [2.24, 2.45) is 35.3 Å². The Morgan fingerprint density at radius 1 is 0.779 bits per heavy atom. The first-order valence-electron chi connectivity index (χ1n) is 24.0. The predicted octanol–water partition coefficient (Wildman–Crippen LogP) is 3.52. The molecule has 21 heteroatoms. The van der Waals surface area contributed by atoms with Gasteiger partial charge in [0.15, 0.2) is 0 Å². The molecule has 2 aromatic rings. The van der Waals surface area contributed by atoms with Gasteiger partial charge >= 0.3 is 18.2 Å². The number of hydrogen-bond donors (Lipinski definition) is 7. The first-order valence-corrected chi connectivity index (χ1v) is 24.0. The fraction of sp³-hybridized carbons (Fsp3) is 0.681. The van der Waals surface area contributed by atoms with Crippen LogP contribution in [-0.2, 0) is 64.1 Å². The van der Waals surface area contributed by atoms with Gasteiger partial charge in [-0.2, -0.15) is 0 Å². The number of aryl methyl sites for hydroxylation is 1. The lowest BCUT2D eigenvalue weighted by Crippen LogP contribution is -2.54. The van der Waals surface area contributed by atoms with Crippen LogP contribution in [0.2, 0.25) is 0 Å². The van der Waals surface area contributed by atoms with E-state index in [-0.39, 0.29) is 50.3 Å². The summed E-state index contributed by atoms with van der Waals surface area (Å²) in [5, 5.41) is 25.0. The zero-order valence-corrected chi connectivity index (χ0v) is 40.6. The molecule has 0 aliphatic heterocycles. The van der Waals surface area contributed by atoms with Crippen LogP contribution in [-0.4, -0.2) is 121 Å². The van der Waals surface area contributed by atoms with Crippen molar-refractivity contribution in [1.82, 2.24) is 41.6 Å². The second-order valence-corrected chi connectivity index (χ2v) is 18.5. The molecule has 378 valence electrons. The van der Waals surface area contributed by atoms with E-state index in [4.69, 9.17) is 24.7 Å². The molecule has 1 heterocycles. The predicted molar refractivity (Wildman–Crippen MR) is 251 cm³/mol. The number of carbonyl (C=O) groups is 7. The Kier molecular flexibility index (Phi) is 22.9. The Hall–Kier alpha value is -5.83. The Balaban J connectivity index is 1.16. The minimum atomic E-state index is -1.01. The molecule has 1 fully saturated rings. The van der Waals surface area contributed by atoms with E-state index in [0.717, 1.165) is 37.1 Å². The van der Waals surface area contributed by atoms with Crippen LogP contribution in [0.4, 0.5) is 20.1 Å². The van der Waals surface area contributed by atoms with Gasteiger partial charge < -0.3 is 56.6 Å². The Bertz CT molecular complexity index is 1960. The molecule has 3 unspecified atom stereocenters. The number of amides is 7. The van der Waals surface area contributed by atoms with Crippen LogP contribution in [0.5, 0.6) is 0 Å². The van der Waals surface area contributed by atoms with E-state index in [1.165, 1.54) is 0 Å². The molecule has 0 saturated heterocycles. The van der Waals surface area contributed by atoms with Crippen LogP contribution < -0.4 is 37.6 Å². The second-order valence-electron chi connectivity index (χ2n) is 18.5. The molecule has 7 amide bonds. The number of nitrogens with one attached hydrogen (secondary N) is 6. The normalized spacial score (nSPS) is 17.1. The van der Waals surface area contributed by atoms with E-state index in [0.29, 0.717) is 93.7 Å². The smallest absolute Gasteiger partial charge is 0.407 e. The van der Waals surface area contributed by atoms with Crippen LogP contribution in [0.1, 0.15) is 103 Å². The average molecular weight is 955 g/mol. The summed E-state index contributed by atoms with van der Waals surface area (Å²) in [6.07, 6.45) is 3.84. The highest BCUT2D eigenvalue weighted by Gasteiger charge is 2.50. The van der Waals surface area contributed by atoms with Crippen molar-refractivity contribution in [3.05, 3.63) is 41.2 Å². The lowest BCUT2D eigenvalue weighted by Gasteiger charge is -2.25. The van der Waals surface area contributed by atoms with Gasteiger partial charge in [0.25, 0.3) is 0 Å². The lowest BCUT2D eigenvalue weighted by molar-refractivity contribution is -0.132. The lowest BCUT2D eigenvalue weighted by atomic mass is 10.0. The maximum Gasteiger partial charge on any atom is 0.407 e. The number of primary amides is 1. The Labute approximate surface area is 399 Å². The summed E-state index contributed by atoms with van der Waals surface area (Å²) in [6, 6.07) is 3.95. The average Bonchev–Trinajstić information content (AvgIpc) is 3.78.